The van der Waals surface area contributed by atoms with Gasteiger partial charge in [-0.25, -0.2) is 4.79 Å². The van der Waals surface area contributed by atoms with Crippen LogP contribution in [0.15, 0.2) is 12.1 Å². The third-order valence-electron chi connectivity index (χ3n) is 3.95. The summed E-state index contributed by atoms with van der Waals surface area (Å²) in [6, 6.07) is 3.15. The summed E-state index contributed by atoms with van der Waals surface area (Å²) < 4.78 is 5.39. The van der Waals surface area contributed by atoms with Crippen LogP contribution in [-0.2, 0) is 4.79 Å². The molecular weight excluding hydrogens is 326 g/mol. The summed E-state index contributed by atoms with van der Waals surface area (Å²) in [6.45, 7) is 6.42. The number of rotatable bonds is 8. The second kappa shape index (κ2) is 8.61. The van der Waals surface area contributed by atoms with Crippen molar-refractivity contribution in [2.24, 2.45) is 0 Å². The van der Waals surface area contributed by atoms with Crippen molar-refractivity contribution in [2.75, 3.05) is 18.4 Å². The molecule has 9 heteroatoms. The Hall–Kier alpha value is -2.42. The van der Waals surface area contributed by atoms with Gasteiger partial charge in [0.25, 0.3) is 0 Å². The van der Waals surface area contributed by atoms with Crippen LogP contribution in [-0.4, -0.2) is 63.5 Å². The maximum absolute atomic E-state index is 12.0. The molecule has 1 aromatic heterocycles. The number of carbonyl (C=O) groups is 2. The lowest BCUT2D eigenvalue weighted by Crippen LogP contribution is -2.55. The number of carboxylic acid groups (broad SMARTS) is 1. The summed E-state index contributed by atoms with van der Waals surface area (Å²) in [5.74, 6) is -0.0918. The van der Waals surface area contributed by atoms with Crippen molar-refractivity contribution in [2.45, 2.75) is 51.8 Å². The number of hydrogen-bond donors (Lipinski definition) is 3. The van der Waals surface area contributed by atoms with Gasteiger partial charge in [0.05, 0.1) is 12.6 Å². The first-order chi connectivity index (χ1) is 11.9. The minimum Gasteiger partial charge on any atom is -0.480 e. The fourth-order valence-electron chi connectivity index (χ4n) is 2.71. The van der Waals surface area contributed by atoms with E-state index in [2.05, 4.69) is 20.8 Å². The van der Waals surface area contributed by atoms with E-state index in [1.807, 2.05) is 25.7 Å². The van der Waals surface area contributed by atoms with Crippen LogP contribution in [0.1, 0.15) is 33.6 Å². The third-order valence-corrected chi connectivity index (χ3v) is 3.95. The molecule has 1 aliphatic rings. The number of nitrogens with one attached hydrogen (secondary N) is 2. The van der Waals surface area contributed by atoms with Crippen molar-refractivity contribution in [3.8, 4) is 5.88 Å². The summed E-state index contributed by atoms with van der Waals surface area (Å²) in [7, 11) is 0. The Morgan fingerprint density at radius 3 is 2.60 bits per heavy atom. The van der Waals surface area contributed by atoms with Crippen molar-refractivity contribution >= 4 is 17.8 Å². The number of ether oxygens (including phenoxy) is 1. The number of nitrogens with zero attached hydrogens (tertiary/aromatic N) is 3. The summed E-state index contributed by atoms with van der Waals surface area (Å²) >= 11 is 0. The average Bonchev–Trinajstić information content (AvgIpc) is 2.49. The smallest absolute Gasteiger partial charge is 0.320 e. The van der Waals surface area contributed by atoms with Crippen molar-refractivity contribution in [1.29, 1.82) is 0 Å². The minimum atomic E-state index is -0.834. The van der Waals surface area contributed by atoms with Crippen LogP contribution in [0.4, 0.5) is 10.6 Å². The highest BCUT2D eigenvalue weighted by Gasteiger charge is 2.34. The molecule has 9 nitrogen and oxygen atoms in total. The monoisotopic (exact) mass is 351 g/mol. The zero-order valence-electron chi connectivity index (χ0n) is 14.7. The minimum absolute atomic E-state index is 0.00628. The molecule has 1 aromatic rings. The Bertz CT molecular complexity index is 587. The van der Waals surface area contributed by atoms with E-state index < -0.39 is 5.97 Å². The van der Waals surface area contributed by atoms with Crippen molar-refractivity contribution in [1.82, 2.24) is 20.4 Å². The molecule has 0 unspecified atom stereocenters. The Balaban J connectivity index is 1.74. The Morgan fingerprint density at radius 1 is 1.36 bits per heavy atom. The molecule has 1 saturated carbocycles. The van der Waals surface area contributed by atoms with Crippen molar-refractivity contribution in [3.63, 3.8) is 0 Å². The molecule has 2 rings (SSSR count). The summed E-state index contributed by atoms with van der Waals surface area (Å²) in [6.07, 6.45) is 1.48. The van der Waals surface area contributed by atoms with Gasteiger partial charge in [0, 0.05) is 18.2 Å². The lowest BCUT2D eigenvalue weighted by atomic mass is 9.85. The van der Waals surface area contributed by atoms with E-state index in [-0.39, 0.29) is 30.8 Å². The first kappa shape index (κ1) is 18.9. The molecule has 0 bridgehead atoms. The lowest BCUT2D eigenvalue weighted by molar-refractivity contribution is -0.139. The number of aliphatic carboxylic acids is 1. The molecule has 2 amide bonds. The van der Waals surface area contributed by atoms with Crippen LogP contribution < -0.4 is 15.4 Å². The van der Waals surface area contributed by atoms with Crippen LogP contribution >= 0.6 is 0 Å². The number of urea groups is 1. The zero-order valence-corrected chi connectivity index (χ0v) is 14.7. The number of amides is 2. The van der Waals surface area contributed by atoms with Crippen LogP contribution in [0.25, 0.3) is 0 Å². The standard InChI is InChI=1S/C16H25N5O4/c1-4-21(9-15(22)23)12-7-11(8-12)17-16(24)18-13-5-6-14(20-19-13)25-10(2)3/h5-6,10-12H,4,7-9H2,1-3H3,(H,22,23)(H2,17,18,19,24). The van der Waals surface area contributed by atoms with Crippen LogP contribution in [0.3, 0.4) is 0 Å². The average molecular weight is 351 g/mol. The molecular formula is C16H25N5O4. The fourth-order valence-corrected chi connectivity index (χ4v) is 2.71. The summed E-state index contributed by atoms with van der Waals surface area (Å²) in [4.78, 5) is 24.7. The number of carboxylic acids is 1. The number of aromatic nitrogens is 2. The van der Waals surface area contributed by atoms with Gasteiger partial charge in [-0.2, -0.15) is 0 Å². The lowest BCUT2D eigenvalue weighted by Gasteiger charge is -2.42. The molecule has 0 saturated heterocycles. The van der Waals surface area contributed by atoms with E-state index in [9.17, 15) is 9.59 Å². The van der Waals surface area contributed by atoms with E-state index in [1.54, 1.807) is 12.1 Å². The predicted molar refractivity (Wildman–Crippen MR) is 91.6 cm³/mol. The van der Waals surface area contributed by atoms with Gasteiger partial charge in [0.15, 0.2) is 5.82 Å². The van der Waals surface area contributed by atoms with Gasteiger partial charge >= 0.3 is 12.0 Å². The molecule has 0 aliphatic heterocycles. The Morgan fingerprint density at radius 2 is 2.08 bits per heavy atom. The quantitative estimate of drug-likeness (QED) is 0.647. The highest BCUT2D eigenvalue weighted by atomic mass is 16.5. The van der Waals surface area contributed by atoms with Crippen molar-refractivity contribution in [3.05, 3.63) is 12.1 Å². The fraction of sp³-hybridized carbons (Fsp3) is 0.625. The number of anilines is 1. The normalized spacial score (nSPS) is 19.4. The van der Waals surface area contributed by atoms with E-state index in [1.165, 1.54) is 0 Å². The zero-order chi connectivity index (χ0) is 18.4. The number of hydrogen-bond acceptors (Lipinski definition) is 6. The van der Waals surface area contributed by atoms with E-state index in [0.29, 0.717) is 18.2 Å². The summed E-state index contributed by atoms with van der Waals surface area (Å²) in [5.41, 5.74) is 0. The highest BCUT2D eigenvalue weighted by molar-refractivity contribution is 5.88. The van der Waals surface area contributed by atoms with Crippen LogP contribution in [0, 0.1) is 0 Å². The molecule has 3 N–H and O–H groups in total. The van der Waals surface area contributed by atoms with Gasteiger partial charge in [-0.3, -0.25) is 15.0 Å². The SMILES string of the molecule is CCN(CC(=O)O)C1CC(NC(=O)Nc2ccc(OC(C)C)nn2)C1. The van der Waals surface area contributed by atoms with E-state index >= 15 is 0 Å². The highest BCUT2D eigenvalue weighted by Crippen LogP contribution is 2.25. The maximum atomic E-state index is 12.0. The second-order valence-corrected chi connectivity index (χ2v) is 6.30. The van der Waals surface area contributed by atoms with Gasteiger partial charge in [-0.1, -0.05) is 6.92 Å². The third kappa shape index (κ3) is 5.86. The molecule has 0 aromatic carbocycles. The van der Waals surface area contributed by atoms with Gasteiger partial charge < -0.3 is 15.2 Å². The summed E-state index contributed by atoms with van der Waals surface area (Å²) in [5, 5.41) is 22.1. The van der Waals surface area contributed by atoms with E-state index in [0.717, 1.165) is 12.8 Å². The second-order valence-electron chi connectivity index (χ2n) is 6.30. The van der Waals surface area contributed by atoms with Crippen molar-refractivity contribution < 1.29 is 19.4 Å². The largest absolute Gasteiger partial charge is 0.480 e. The predicted octanol–water partition coefficient (Wildman–Crippen LogP) is 1.32. The number of carbonyl (C=O) groups excluding carboxylic acids is 1. The topological polar surface area (TPSA) is 117 Å². The molecule has 1 fully saturated rings. The van der Waals surface area contributed by atoms with Gasteiger partial charge in [-0.15, -0.1) is 10.2 Å². The molecule has 0 radical (unpaired) electrons. The first-order valence-electron chi connectivity index (χ1n) is 8.41. The Labute approximate surface area is 146 Å². The van der Waals surface area contributed by atoms with Crippen LogP contribution in [0.5, 0.6) is 5.88 Å². The molecule has 138 valence electrons. The van der Waals surface area contributed by atoms with Gasteiger partial charge in [-0.05, 0) is 39.3 Å². The first-order valence-corrected chi connectivity index (χ1v) is 8.41. The molecule has 25 heavy (non-hydrogen) atoms. The maximum Gasteiger partial charge on any atom is 0.320 e. The number of likely N-dealkylation sites (N-methyl/N-ethyl adjacent to an activating group) is 1. The Kier molecular flexibility index (Phi) is 6.51. The van der Waals surface area contributed by atoms with Gasteiger partial charge in [0.2, 0.25) is 5.88 Å². The van der Waals surface area contributed by atoms with Crippen LogP contribution in [0.2, 0.25) is 0 Å². The van der Waals surface area contributed by atoms with Gasteiger partial charge in [0.1, 0.15) is 0 Å². The van der Waals surface area contributed by atoms with E-state index in [4.69, 9.17) is 9.84 Å². The molecule has 0 spiro atoms. The molecule has 1 aliphatic carbocycles. The molecule has 0 atom stereocenters. The molecule has 1 heterocycles.